The van der Waals surface area contributed by atoms with Gasteiger partial charge in [0.15, 0.2) is 0 Å². The summed E-state index contributed by atoms with van der Waals surface area (Å²) >= 11 is 5.80. The second-order valence-electron chi connectivity index (χ2n) is 5.99. The molecule has 0 spiro atoms. The van der Waals surface area contributed by atoms with E-state index in [1.807, 2.05) is 24.3 Å². The molecule has 1 aromatic carbocycles. The van der Waals surface area contributed by atoms with Crippen molar-refractivity contribution in [2.75, 3.05) is 13.6 Å². The third-order valence-electron chi connectivity index (χ3n) is 4.21. The number of alkyl halides is 1. The van der Waals surface area contributed by atoms with Crippen LogP contribution in [0.5, 0.6) is 0 Å². The van der Waals surface area contributed by atoms with Gasteiger partial charge in [0, 0.05) is 19.5 Å². The van der Waals surface area contributed by atoms with Crippen LogP contribution in [-0.2, 0) is 21.7 Å². The highest BCUT2D eigenvalue weighted by Gasteiger charge is 2.23. The standard InChI is InChI=1S/C16H24ClNO2S/c1-18(12-14-6-3-2-4-7-14)21(19,20)13-16-9-5-8-15(10-16)11-17/h5,8-10,14H,2-4,6-7,11-13H2,1H3. The van der Waals surface area contributed by atoms with Gasteiger partial charge in [-0.1, -0.05) is 43.5 Å². The van der Waals surface area contributed by atoms with E-state index in [1.54, 1.807) is 7.05 Å². The van der Waals surface area contributed by atoms with Gasteiger partial charge in [-0.3, -0.25) is 0 Å². The van der Waals surface area contributed by atoms with E-state index in [4.69, 9.17) is 11.6 Å². The molecule has 118 valence electrons. The summed E-state index contributed by atoms with van der Waals surface area (Å²) in [5.74, 6) is 0.986. The molecule has 1 aromatic rings. The minimum absolute atomic E-state index is 0.0565. The van der Waals surface area contributed by atoms with E-state index >= 15 is 0 Å². The van der Waals surface area contributed by atoms with Crippen molar-refractivity contribution in [2.45, 2.75) is 43.7 Å². The molecule has 0 radical (unpaired) electrons. The zero-order valence-electron chi connectivity index (χ0n) is 12.6. The number of sulfonamides is 1. The molecule has 2 rings (SSSR count). The lowest BCUT2D eigenvalue weighted by atomic mass is 9.89. The summed E-state index contributed by atoms with van der Waals surface area (Å²) in [6.45, 7) is 0.650. The van der Waals surface area contributed by atoms with Crippen molar-refractivity contribution in [3.05, 3.63) is 35.4 Å². The van der Waals surface area contributed by atoms with Crippen LogP contribution in [0.1, 0.15) is 43.2 Å². The van der Waals surface area contributed by atoms with Gasteiger partial charge in [-0.05, 0) is 29.9 Å². The number of nitrogens with zero attached hydrogens (tertiary/aromatic N) is 1. The van der Waals surface area contributed by atoms with Crippen molar-refractivity contribution in [3.8, 4) is 0 Å². The Morgan fingerprint density at radius 1 is 1.19 bits per heavy atom. The lowest BCUT2D eigenvalue weighted by molar-refractivity contribution is 0.300. The summed E-state index contributed by atoms with van der Waals surface area (Å²) in [6, 6.07) is 7.50. The minimum Gasteiger partial charge on any atom is -0.212 e. The molecule has 0 N–H and O–H groups in total. The molecule has 0 atom stereocenters. The zero-order chi connectivity index (χ0) is 15.3. The number of hydrogen-bond acceptors (Lipinski definition) is 2. The molecule has 1 aliphatic rings. The summed E-state index contributed by atoms with van der Waals surface area (Å²) in [5.41, 5.74) is 1.77. The van der Waals surface area contributed by atoms with Crippen LogP contribution in [0.2, 0.25) is 0 Å². The van der Waals surface area contributed by atoms with Crippen molar-refractivity contribution < 1.29 is 8.42 Å². The van der Waals surface area contributed by atoms with Gasteiger partial charge in [-0.25, -0.2) is 12.7 Å². The third kappa shape index (κ3) is 4.97. The predicted molar refractivity (Wildman–Crippen MR) is 87.8 cm³/mol. The zero-order valence-corrected chi connectivity index (χ0v) is 14.2. The van der Waals surface area contributed by atoms with Crippen molar-refractivity contribution in [3.63, 3.8) is 0 Å². The van der Waals surface area contributed by atoms with Crippen molar-refractivity contribution in [1.29, 1.82) is 0 Å². The van der Waals surface area contributed by atoms with E-state index < -0.39 is 10.0 Å². The van der Waals surface area contributed by atoms with Crippen molar-refractivity contribution >= 4 is 21.6 Å². The molecule has 0 aromatic heterocycles. The Labute approximate surface area is 133 Å². The smallest absolute Gasteiger partial charge is 0.212 e. The van der Waals surface area contributed by atoms with E-state index in [2.05, 4.69) is 0 Å². The predicted octanol–water partition coefficient (Wildman–Crippen LogP) is 3.77. The lowest BCUT2D eigenvalue weighted by Crippen LogP contribution is -2.33. The average molecular weight is 330 g/mol. The Hall–Kier alpha value is -0.580. The Morgan fingerprint density at radius 3 is 2.52 bits per heavy atom. The van der Waals surface area contributed by atoms with Gasteiger partial charge in [0.1, 0.15) is 0 Å². The van der Waals surface area contributed by atoms with E-state index in [0.717, 1.165) is 24.0 Å². The van der Waals surface area contributed by atoms with E-state index in [9.17, 15) is 8.42 Å². The fraction of sp³-hybridized carbons (Fsp3) is 0.625. The average Bonchev–Trinajstić information content (AvgIpc) is 2.48. The monoisotopic (exact) mass is 329 g/mol. The van der Waals surface area contributed by atoms with Gasteiger partial charge in [0.25, 0.3) is 0 Å². The first kappa shape index (κ1) is 16.8. The van der Waals surface area contributed by atoms with Crippen LogP contribution >= 0.6 is 11.6 Å². The van der Waals surface area contributed by atoms with Gasteiger partial charge in [0.2, 0.25) is 10.0 Å². The van der Waals surface area contributed by atoms with Gasteiger partial charge in [-0.2, -0.15) is 0 Å². The molecule has 0 amide bonds. The highest BCUT2D eigenvalue weighted by molar-refractivity contribution is 7.88. The fourth-order valence-corrected chi connectivity index (χ4v) is 4.40. The first-order chi connectivity index (χ1) is 10.0. The summed E-state index contributed by atoms with van der Waals surface area (Å²) in [4.78, 5) is 0. The van der Waals surface area contributed by atoms with Crippen LogP contribution in [0.3, 0.4) is 0 Å². The maximum atomic E-state index is 12.5. The minimum atomic E-state index is -3.25. The van der Waals surface area contributed by atoms with Crippen LogP contribution in [0.15, 0.2) is 24.3 Å². The molecule has 0 aliphatic heterocycles. The second kappa shape index (κ2) is 7.61. The molecule has 0 heterocycles. The Balaban J connectivity index is 1.99. The van der Waals surface area contributed by atoms with Crippen LogP contribution in [0.4, 0.5) is 0 Å². The second-order valence-corrected chi connectivity index (χ2v) is 8.34. The summed E-state index contributed by atoms with van der Waals surface area (Å²) in [5, 5.41) is 0. The van der Waals surface area contributed by atoms with Gasteiger partial charge in [-0.15, -0.1) is 11.6 Å². The van der Waals surface area contributed by atoms with Crippen LogP contribution in [0.25, 0.3) is 0 Å². The van der Waals surface area contributed by atoms with Crippen molar-refractivity contribution in [2.24, 2.45) is 5.92 Å². The third-order valence-corrected chi connectivity index (χ3v) is 6.32. The van der Waals surface area contributed by atoms with Crippen LogP contribution < -0.4 is 0 Å². The Bertz CT molecular complexity index is 553. The first-order valence-corrected chi connectivity index (χ1v) is 9.73. The van der Waals surface area contributed by atoms with E-state index in [-0.39, 0.29) is 5.75 Å². The Kier molecular flexibility index (Phi) is 6.08. The normalized spacial score (nSPS) is 17.3. The first-order valence-electron chi connectivity index (χ1n) is 7.59. The maximum absolute atomic E-state index is 12.5. The quantitative estimate of drug-likeness (QED) is 0.745. The molecular formula is C16H24ClNO2S. The van der Waals surface area contributed by atoms with Gasteiger partial charge in [0.05, 0.1) is 5.75 Å². The highest BCUT2D eigenvalue weighted by Crippen LogP contribution is 2.25. The molecule has 1 aliphatic carbocycles. The molecule has 0 bridgehead atoms. The van der Waals surface area contributed by atoms with Crippen LogP contribution in [0, 0.1) is 5.92 Å². The molecule has 0 unspecified atom stereocenters. The van der Waals surface area contributed by atoms with Crippen molar-refractivity contribution in [1.82, 2.24) is 4.31 Å². The molecule has 1 saturated carbocycles. The lowest BCUT2D eigenvalue weighted by Gasteiger charge is -2.26. The molecule has 3 nitrogen and oxygen atoms in total. The SMILES string of the molecule is CN(CC1CCCCC1)S(=O)(=O)Cc1cccc(CCl)c1. The summed E-state index contributed by atoms with van der Waals surface area (Å²) in [6.07, 6.45) is 6.06. The molecular weight excluding hydrogens is 306 g/mol. The maximum Gasteiger partial charge on any atom is 0.218 e. The summed E-state index contributed by atoms with van der Waals surface area (Å²) < 4.78 is 26.5. The molecule has 5 heteroatoms. The largest absolute Gasteiger partial charge is 0.218 e. The van der Waals surface area contributed by atoms with E-state index in [0.29, 0.717) is 18.3 Å². The van der Waals surface area contributed by atoms with Gasteiger partial charge < -0.3 is 0 Å². The van der Waals surface area contributed by atoms with Gasteiger partial charge >= 0.3 is 0 Å². The summed E-state index contributed by atoms with van der Waals surface area (Å²) in [7, 11) is -1.54. The Morgan fingerprint density at radius 2 is 1.86 bits per heavy atom. The number of hydrogen-bond donors (Lipinski definition) is 0. The topological polar surface area (TPSA) is 37.4 Å². The number of halogens is 1. The highest BCUT2D eigenvalue weighted by atomic mass is 35.5. The fourth-order valence-electron chi connectivity index (χ4n) is 2.97. The van der Waals surface area contributed by atoms with Crippen LogP contribution in [-0.4, -0.2) is 26.3 Å². The molecule has 1 fully saturated rings. The molecule has 21 heavy (non-hydrogen) atoms. The molecule has 0 saturated heterocycles. The van der Waals surface area contributed by atoms with E-state index in [1.165, 1.54) is 23.6 Å². The number of rotatable bonds is 6. The number of benzene rings is 1.